The number of halogens is 5. The molecule has 0 saturated heterocycles. The Bertz CT molecular complexity index is 1670. The van der Waals surface area contributed by atoms with Gasteiger partial charge in [-0.1, -0.05) is 77.8 Å². The summed E-state index contributed by atoms with van der Waals surface area (Å²) in [6.45, 7) is 0.412. The lowest BCUT2D eigenvalue weighted by Gasteiger charge is -2.18. The Morgan fingerprint density at radius 1 is 0.868 bits per heavy atom. The van der Waals surface area contributed by atoms with Crippen molar-refractivity contribution in [2.24, 2.45) is 0 Å². The number of para-hydroxylation sites is 1. The monoisotopic (exact) mass is 550 g/mol. The van der Waals surface area contributed by atoms with Crippen molar-refractivity contribution in [1.82, 2.24) is 4.98 Å². The zero-order chi connectivity index (χ0) is 26.9. The molecule has 0 radical (unpaired) electrons. The molecule has 1 heterocycles. The molecule has 0 saturated carbocycles. The Hall–Kier alpha value is -3.87. The van der Waals surface area contributed by atoms with E-state index in [9.17, 15) is 18.0 Å². The number of carbonyl (C=O) groups excluding carboxylic acids is 1. The van der Waals surface area contributed by atoms with Gasteiger partial charge >= 0.3 is 6.18 Å². The van der Waals surface area contributed by atoms with Crippen LogP contribution in [0.25, 0.3) is 33.2 Å². The molecule has 3 nitrogen and oxygen atoms in total. The first-order chi connectivity index (χ1) is 18.3. The molecule has 0 atom stereocenters. The fourth-order valence-corrected chi connectivity index (χ4v) is 4.93. The van der Waals surface area contributed by atoms with E-state index in [0.717, 1.165) is 23.6 Å². The van der Waals surface area contributed by atoms with Crippen LogP contribution < -0.4 is 5.32 Å². The molecule has 5 aromatic rings. The van der Waals surface area contributed by atoms with Crippen LogP contribution in [0.4, 0.5) is 18.9 Å². The van der Waals surface area contributed by atoms with Crippen LogP contribution in [-0.4, -0.2) is 11.3 Å². The summed E-state index contributed by atoms with van der Waals surface area (Å²) in [6, 6.07) is 23.5. The Morgan fingerprint density at radius 2 is 1.66 bits per heavy atom. The molecule has 0 fully saturated rings. The van der Waals surface area contributed by atoms with E-state index in [1.165, 1.54) is 12.3 Å². The number of fused-ring (bicyclic) bond motifs is 1. The molecule has 5 rings (SSSR count). The summed E-state index contributed by atoms with van der Waals surface area (Å²) in [6.07, 6.45) is -2.45. The van der Waals surface area contributed by atoms with Gasteiger partial charge in [0.05, 0.1) is 11.1 Å². The standard InChI is InChI=1S/C30H19Cl2F3N2O/c31-21-12-11-19(27(32)14-21)15-36-22-7-3-6-18(13-22)28-24-9-4-10-26(30(33,34)35)29(24)37-16-25(28)23-8-2-1-5-20(23)17-38/h1-14,16-17,36H,15H2. The van der Waals surface area contributed by atoms with E-state index in [0.29, 0.717) is 49.8 Å². The van der Waals surface area contributed by atoms with Gasteiger partial charge in [0.2, 0.25) is 0 Å². The number of nitrogens with zero attached hydrogens (tertiary/aromatic N) is 1. The van der Waals surface area contributed by atoms with E-state index in [1.807, 2.05) is 30.3 Å². The fourth-order valence-electron chi connectivity index (χ4n) is 4.46. The second-order valence-electron chi connectivity index (χ2n) is 8.62. The lowest BCUT2D eigenvalue weighted by Crippen LogP contribution is -2.07. The third-order valence-electron chi connectivity index (χ3n) is 6.23. The average molecular weight is 551 g/mol. The highest BCUT2D eigenvalue weighted by atomic mass is 35.5. The normalized spacial score (nSPS) is 11.5. The number of nitrogens with one attached hydrogen (secondary N) is 1. The minimum Gasteiger partial charge on any atom is -0.381 e. The van der Waals surface area contributed by atoms with Crippen molar-refractivity contribution < 1.29 is 18.0 Å². The SMILES string of the molecule is O=Cc1ccccc1-c1cnc2c(C(F)(F)F)cccc2c1-c1cccc(NCc2ccc(Cl)cc2Cl)c1. The number of hydrogen-bond donors (Lipinski definition) is 1. The van der Waals surface area contributed by atoms with E-state index in [-0.39, 0.29) is 5.52 Å². The molecular formula is C30H19Cl2F3N2O. The van der Waals surface area contributed by atoms with Crippen molar-refractivity contribution in [2.75, 3.05) is 5.32 Å². The van der Waals surface area contributed by atoms with Gasteiger partial charge in [-0.25, -0.2) is 0 Å². The third-order valence-corrected chi connectivity index (χ3v) is 6.82. The number of anilines is 1. The Labute approximate surface area is 226 Å². The van der Waals surface area contributed by atoms with Crippen LogP contribution >= 0.6 is 23.2 Å². The van der Waals surface area contributed by atoms with Gasteiger partial charge in [-0.2, -0.15) is 13.2 Å². The number of aldehydes is 1. The molecule has 0 aliphatic carbocycles. The third kappa shape index (κ3) is 5.10. The fraction of sp³-hybridized carbons (Fsp3) is 0.0667. The molecule has 1 aromatic heterocycles. The van der Waals surface area contributed by atoms with E-state index in [1.54, 1.807) is 42.5 Å². The highest BCUT2D eigenvalue weighted by Crippen LogP contribution is 2.42. The van der Waals surface area contributed by atoms with Crippen LogP contribution in [0.15, 0.2) is 91.1 Å². The number of aromatic nitrogens is 1. The van der Waals surface area contributed by atoms with E-state index < -0.39 is 11.7 Å². The van der Waals surface area contributed by atoms with Crippen molar-refractivity contribution in [3.05, 3.63) is 118 Å². The number of benzene rings is 4. The molecule has 0 amide bonds. The average Bonchev–Trinajstić information content (AvgIpc) is 2.91. The summed E-state index contributed by atoms with van der Waals surface area (Å²) in [4.78, 5) is 16.0. The molecule has 38 heavy (non-hydrogen) atoms. The van der Waals surface area contributed by atoms with E-state index in [2.05, 4.69) is 10.3 Å². The van der Waals surface area contributed by atoms with Gasteiger partial charge in [0.25, 0.3) is 0 Å². The molecule has 1 N–H and O–H groups in total. The quantitative estimate of drug-likeness (QED) is 0.214. The molecular weight excluding hydrogens is 532 g/mol. The Kier molecular flexibility index (Phi) is 7.11. The summed E-state index contributed by atoms with van der Waals surface area (Å²) in [5.41, 5.74) is 3.35. The van der Waals surface area contributed by atoms with Crippen molar-refractivity contribution in [3.8, 4) is 22.3 Å². The van der Waals surface area contributed by atoms with Crippen LogP contribution in [0.3, 0.4) is 0 Å². The molecule has 4 aromatic carbocycles. The van der Waals surface area contributed by atoms with Crippen molar-refractivity contribution >= 4 is 46.1 Å². The first kappa shape index (κ1) is 25.8. The minimum atomic E-state index is -4.58. The zero-order valence-electron chi connectivity index (χ0n) is 19.7. The molecule has 0 bridgehead atoms. The van der Waals surface area contributed by atoms with E-state index in [4.69, 9.17) is 23.2 Å². The van der Waals surface area contributed by atoms with Crippen LogP contribution in [0.2, 0.25) is 10.0 Å². The molecule has 190 valence electrons. The topological polar surface area (TPSA) is 42.0 Å². The molecule has 0 spiro atoms. The van der Waals surface area contributed by atoms with Crippen LogP contribution in [0.5, 0.6) is 0 Å². The Morgan fingerprint density at radius 3 is 2.42 bits per heavy atom. The van der Waals surface area contributed by atoms with Gasteiger partial charge in [0, 0.05) is 50.6 Å². The van der Waals surface area contributed by atoms with Crippen molar-refractivity contribution in [3.63, 3.8) is 0 Å². The lowest BCUT2D eigenvalue weighted by molar-refractivity contribution is -0.136. The summed E-state index contributed by atoms with van der Waals surface area (Å²) in [5, 5.41) is 4.70. The minimum absolute atomic E-state index is 0.159. The van der Waals surface area contributed by atoms with Crippen molar-refractivity contribution in [2.45, 2.75) is 12.7 Å². The van der Waals surface area contributed by atoms with Gasteiger partial charge in [-0.05, 0) is 47.0 Å². The Balaban J connectivity index is 1.68. The maximum atomic E-state index is 13.9. The second-order valence-corrected chi connectivity index (χ2v) is 9.47. The maximum Gasteiger partial charge on any atom is 0.418 e. The maximum absolute atomic E-state index is 13.9. The van der Waals surface area contributed by atoms with Crippen molar-refractivity contribution in [1.29, 1.82) is 0 Å². The molecule has 0 aliphatic rings. The molecule has 0 aliphatic heterocycles. The largest absolute Gasteiger partial charge is 0.418 e. The summed E-state index contributed by atoms with van der Waals surface area (Å²) < 4.78 is 41.6. The number of carbonyl (C=O) groups is 1. The summed E-state index contributed by atoms with van der Waals surface area (Å²) in [5.74, 6) is 0. The smallest absolute Gasteiger partial charge is 0.381 e. The second kappa shape index (κ2) is 10.5. The van der Waals surface area contributed by atoms with Gasteiger partial charge in [0.15, 0.2) is 6.29 Å². The highest BCUT2D eigenvalue weighted by Gasteiger charge is 2.33. The highest BCUT2D eigenvalue weighted by molar-refractivity contribution is 6.35. The predicted molar refractivity (Wildman–Crippen MR) is 147 cm³/mol. The number of pyridine rings is 1. The first-order valence-corrected chi connectivity index (χ1v) is 12.3. The number of alkyl halides is 3. The van der Waals surface area contributed by atoms with E-state index >= 15 is 0 Å². The van der Waals surface area contributed by atoms with Gasteiger partial charge in [0.1, 0.15) is 0 Å². The van der Waals surface area contributed by atoms with Gasteiger partial charge in [-0.15, -0.1) is 0 Å². The predicted octanol–water partition coefficient (Wildman–Crippen LogP) is 9.32. The van der Waals surface area contributed by atoms with Crippen LogP contribution in [0.1, 0.15) is 21.5 Å². The summed E-state index contributed by atoms with van der Waals surface area (Å²) in [7, 11) is 0. The zero-order valence-corrected chi connectivity index (χ0v) is 21.2. The molecule has 0 unspecified atom stereocenters. The van der Waals surface area contributed by atoms with Gasteiger partial charge in [-0.3, -0.25) is 9.78 Å². The first-order valence-electron chi connectivity index (χ1n) is 11.6. The molecule has 8 heteroatoms. The number of rotatable bonds is 6. The van der Waals surface area contributed by atoms with Crippen LogP contribution in [0, 0.1) is 0 Å². The van der Waals surface area contributed by atoms with Gasteiger partial charge < -0.3 is 5.32 Å². The van der Waals surface area contributed by atoms with Crippen LogP contribution in [-0.2, 0) is 12.7 Å². The summed E-state index contributed by atoms with van der Waals surface area (Å²) >= 11 is 12.3. The lowest BCUT2D eigenvalue weighted by atomic mass is 9.89. The number of hydrogen-bond acceptors (Lipinski definition) is 3.